The number of pyridine rings is 1. The van der Waals surface area contributed by atoms with Crippen molar-refractivity contribution in [2.45, 2.75) is 58.6 Å². The van der Waals surface area contributed by atoms with Crippen LogP contribution in [0.5, 0.6) is 0 Å². The number of ether oxygens (including phenoxy) is 2. The number of hydrogen-bond donors (Lipinski definition) is 2. The van der Waals surface area contributed by atoms with E-state index < -0.39 is 0 Å². The van der Waals surface area contributed by atoms with E-state index in [0.717, 1.165) is 76.5 Å². The summed E-state index contributed by atoms with van der Waals surface area (Å²) in [5.41, 5.74) is 1.08. The largest absolute Gasteiger partial charge is 0.379 e. The fourth-order valence-electron chi connectivity index (χ4n) is 3.20. The van der Waals surface area contributed by atoms with Crippen LogP contribution in [0.25, 0.3) is 0 Å². The maximum Gasteiger partial charge on any atom is 0.250 e. The van der Waals surface area contributed by atoms with Gasteiger partial charge in [-0.15, -0.1) is 0 Å². The van der Waals surface area contributed by atoms with Crippen LogP contribution in [0.1, 0.15) is 44.7 Å². The van der Waals surface area contributed by atoms with Crippen molar-refractivity contribution in [1.29, 1.82) is 0 Å². The second-order valence-corrected chi connectivity index (χ2v) is 7.12. The molecule has 0 aliphatic carbocycles. The van der Waals surface area contributed by atoms with E-state index in [1.807, 2.05) is 23.6 Å². The van der Waals surface area contributed by atoms with Gasteiger partial charge in [-0.2, -0.15) is 0 Å². The highest BCUT2D eigenvalue weighted by atomic mass is 16.5. The van der Waals surface area contributed by atoms with Crippen LogP contribution in [-0.4, -0.2) is 56.1 Å². The summed E-state index contributed by atoms with van der Waals surface area (Å²) in [7, 11) is 0. The monoisotopic (exact) mass is 392 g/mol. The van der Waals surface area contributed by atoms with Gasteiger partial charge in [0.15, 0.2) is 5.96 Å². The molecule has 1 aliphatic heterocycles. The van der Waals surface area contributed by atoms with E-state index in [1.165, 1.54) is 0 Å². The van der Waals surface area contributed by atoms with E-state index in [-0.39, 0.29) is 11.7 Å². The minimum Gasteiger partial charge on any atom is -0.379 e. The van der Waals surface area contributed by atoms with Crippen LogP contribution in [0.3, 0.4) is 0 Å². The van der Waals surface area contributed by atoms with Crippen LogP contribution in [0.2, 0.25) is 0 Å². The van der Waals surface area contributed by atoms with Gasteiger partial charge in [-0.25, -0.2) is 0 Å². The average Bonchev–Trinajstić information content (AvgIpc) is 3.19. The lowest BCUT2D eigenvalue weighted by Crippen LogP contribution is -2.38. The van der Waals surface area contributed by atoms with Gasteiger partial charge < -0.3 is 24.7 Å². The van der Waals surface area contributed by atoms with Gasteiger partial charge in [-0.3, -0.25) is 9.79 Å². The summed E-state index contributed by atoms with van der Waals surface area (Å²) < 4.78 is 13.0. The highest BCUT2D eigenvalue weighted by molar-refractivity contribution is 5.79. The summed E-state index contributed by atoms with van der Waals surface area (Å²) >= 11 is 0. The predicted molar refractivity (Wildman–Crippen MR) is 113 cm³/mol. The van der Waals surface area contributed by atoms with Gasteiger partial charge >= 0.3 is 0 Å². The molecule has 0 radical (unpaired) electrons. The molecule has 7 heteroatoms. The topological polar surface area (TPSA) is 76.9 Å². The molecule has 1 aromatic rings. The van der Waals surface area contributed by atoms with Crippen molar-refractivity contribution in [3.05, 3.63) is 34.2 Å². The molecule has 0 amide bonds. The van der Waals surface area contributed by atoms with Crippen LogP contribution >= 0.6 is 0 Å². The highest BCUT2D eigenvalue weighted by Crippen LogP contribution is 2.11. The highest BCUT2D eigenvalue weighted by Gasteiger charge is 2.14. The number of aryl methyl sites for hydroxylation is 1. The van der Waals surface area contributed by atoms with Crippen LogP contribution in [-0.2, 0) is 16.0 Å². The Morgan fingerprint density at radius 3 is 2.96 bits per heavy atom. The average molecular weight is 393 g/mol. The number of aromatic nitrogens is 1. The molecule has 2 N–H and O–H groups in total. The molecule has 1 unspecified atom stereocenters. The number of hydrogen-bond acceptors (Lipinski definition) is 4. The minimum absolute atomic E-state index is 0.0737. The molecule has 0 spiro atoms. The summed E-state index contributed by atoms with van der Waals surface area (Å²) in [5, 5.41) is 6.63. The lowest BCUT2D eigenvalue weighted by molar-refractivity contribution is 0.0171. The van der Waals surface area contributed by atoms with Crippen molar-refractivity contribution in [3.63, 3.8) is 0 Å². The molecule has 2 heterocycles. The van der Waals surface area contributed by atoms with E-state index in [0.29, 0.717) is 13.2 Å². The Kier molecular flexibility index (Phi) is 10.7. The first-order valence-corrected chi connectivity index (χ1v) is 10.6. The zero-order valence-corrected chi connectivity index (χ0v) is 17.4. The van der Waals surface area contributed by atoms with Crippen LogP contribution in [0, 0.1) is 6.92 Å². The number of aliphatic imine (C=N–C) groups is 1. The van der Waals surface area contributed by atoms with Gasteiger partial charge in [0.2, 0.25) is 0 Å². The van der Waals surface area contributed by atoms with E-state index in [4.69, 9.17) is 9.47 Å². The van der Waals surface area contributed by atoms with Crippen molar-refractivity contribution in [1.82, 2.24) is 15.2 Å². The summed E-state index contributed by atoms with van der Waals surface area (Å²) in [5.74, 6) is 0.842. The molecule has 1 fully saturated rings. The zero-order chi connectivity index (χ0) is 20.0. The summed E-state index contributed by atoms with van der Waals surface area (Å²) in [6.45, 7) is 9.48. The Morgan fingerprint density at radius 2 is 2.21 bits per heavy atom. The summed E-state index contributed by atoms with van der Waals surface area (Å²) in [6, 6.07) is 5.40. The molecule has 0 saturated carbocycles. The fraction of sp³-hybridized carbons (Fsp3) is 0.714. The van der Waals surface area contributed by atoms with Crippen molar-refractivity contribution in [2.24, 2.45) is 4.99 Å². The Morgan fingerprint density at radius 1 is 1.32 bits per heavy atom. The number of nitrogens with zero attached hydrogens (tertiary/aromatic N) is 2. The maximum absolute atomic E-state index is 11.9. The zero-order valence-electron chi connectivity index (χ0n) is 17.4. The molecular weight excluding hydrogens is 356 g/mol. The third-order valence-electron chi connectivity index (χ3n) is 4.76. The third-order valence-corrected chi connectivity index (χ3v) is 4.76. The van der Waals surface area contributed by atoms with Crippen LogP contribution in [0.15, 0.2) is 28.0 Å². The third kappa shape index (κ3) is 8.44. The van der Waals surface area contributed by atoms with E-state index >= 15 is 0 Å². The molecule has 1 saturated heterocycles. The second kappa shape index (κ2) is 13.3. The SMILES string of the molecule is CCNC(=NCCCOCC1CCCO1)NCCCCn1c(C)cccc1=O. The predicted octanol–water partition coefficient (Wildman–Crippen LogP) is 2.08. The number of nitrogens with one attached hydrogen (secondary N) is 2. The Balaban J connectivity index is 1.57. The standard InChI is InChI=1S/C21H36N4O3/c1-3-22-21(24-13-8-15-27-17-19-10-7-16-28-19)23-12-4-5-14-25-18(2)9-6-11-20(25)26/h6,9,11,19H,3-5,7-8,10,12-17H2,1-2H3,(H2,22,23,24). The van der Waals surface area contributed by atoms with E-state index in [2.05, 4.69) is 22.5 Å². The Hall–Kier alpha value is -1.86. The molecule has 1 atom stereocenters. The quantitative estimate of drug-likeness (QED) is 0.324. The van der Waals surface area contributed by atoms with Gasteiger partial charge in [-0.1, -0.05) is 6.07 Å². The maximum atomic E-state index is 11.9. The summed E-state index contributed by atoms with van der Waals surface area (Å²) in [4.78, 5) is 16.5. The molecule has 7 nitrogen and oxygen atoms in total. The summed E-state index contributed by atoms with van der Waals surface area (Å²) in [6.07, 6.45) is 5.39. The molecule has 1 aliphatic rings. The minimum atomic E-state index is 0.0737. The molecule has 2 rings (SSSR count). The van der Waals surface area contributed by atoms with Crippen molar-refractivity contribution >= 4 is 5.96 Å². The normalized spacial score (nSPS) is 17.1. The molecular formula is C21H36N4O3. The van der Waals surface area contributed by atoms with Gasteiger partial charge in [0.25, 0.3) is 5.56 Å². The first-order chi connectivity index (χ1) is 13.7. The number of rotatable bonds is 12. The van der Waals surface area contributed by atoms with Gasteiger partial charge in [0.05, 0.1) is 12.7 Å². The van der Waals surface area contributed by atoms with E-state index in [1.54, 1.807) is 6.07 Å². The number of unbranched alkanes of at least 4 members (excludes halogenated alkanes) is 1. The first kappa shape index (κ1) is 22.4. The van der Waals surface area contributed by atoms with Gasteiger partial charge in [0, 0.05) is 51.2 Å². The molecule has 0 aromatic carbocycles. The number of guanidine groups is 1. The lowest BCUT2D eigenvalue weighted by Gasteiger charge is -2.13. The van der Waals surface area contributed by atoms with Crippen LogP contribution in [0.4, 0.5) is 0 Å². The van der Waals surface area contributed by atoms with Crippen molar-refractivity contribution < 1.29 is 9.47 Å². The lowest BCUT2D eigenvalue weighted by atomic mass is 10.2. The smallest absolute Gasteiger partial charge is 0.250 e. The molecule has 0 bridgehead atoms. The molecule has 158 valence electrons. The van der Waals surface area contributed by atoms with E-state index in [9.17, 15) is 4.79 Å². The van der Waals surface area contributed by atoms with Gasteiger partial charge in [0.1, 0.15) is 0 Å². The molecule has 28 heavy (non-hydrogen) atoms. The fourth-order valence-corrected chi connectivity index (χ4v) is 3.20. The Labute approximate surface area is 168 Å². The Bertz CT molecular complexity index is 639. The van der Waals surface area contributed by atoms with Crippen molar-refractivity contribution in [3.8, 4) is 0 Å². The van der Waals surface area contributed by atoms with Crippen molar-refractivity contribution in [2.75, 3.05) is 39.5 Å². The van der Waals surface area contributed by atoms with Crippen LogP contribution < -0.4 is 16.2 Å². The molecule has 1 aromatic heterocycles. The second-order valence-electron chi connectivity index (χ2n) is 7.12. The van der Waals surface area contributed by atoms with Gasteiger partial charge in [-0.05, 0) is 52.0 Å². The first-order valence-electron chi connectivity index (χ1n) is 10.6.